The van der Waals surface area contributed by atoms with Gasteiger partial charge in [-0.15, -0.1) is 0 Å². The standard InChI is InChI=1S/C10H9F3N2O6S/c1-20-7(17)4-15-9(18)8-6(16)2-5(3-14-8)21-22(19)10(11,12)13/h2-3,16H,4H2,1H3,(H,15,18). The Morgan fingerprint density at radius 1 is 1.45 bits per heavy atom. The first kappa shape index (κ1) is 17.7. The summed E-state index contributed by atoms with van der Waals surface area (Å²) < 4.78 is 55.1. The van der Waals surface area contributed by atoms with Crippen LogP contribution in [0.25, 0.3) is 0 Å². The number of amides is 1. The Kier molecular flexibility index (Phi) is 5.68. The summed E-state index contributed by atoms with van der Waals surface area (Å²) in [6.45, 7) is -0.493. The van der Waals surface area contributed by atoms with E-state index >= 15 is 0 Å². The third-order valence-corrected chi connectivity index (χ3v) is 2.76. The molecule has 1 atom stereocenters. The van der Waals surface area contributed by atoms with Gasteiger partial charge >= 0.3 is 22.6 Å². The minimum Gasteiger partial charge on any atom is -0.505 e. The number of halogens is 3. The molecule has 0 bridgehead atoms. The van der Waals surface area contributed by atoms with Crippen molar-refractivity contribution in [2.75, 3.05) is 13.7 Å². The highest BCUT2D eigenvalue weighted by Crippen LogP contribution is 2.26. The molecule has 0 fully saturated rings. The zero-order valence-electron chi connectivity index (χ0n) is 10.8. The SMILES string of the molecule is COC(=O)CNC(=O)c1ncc(OS(=O)C(F)(F)F)cc1O. The predicted octanol–water partition coefficient (Wildman–Crippen LogP) is 0.252. The number of hydrogen-bond donors (Lipinski definition) is 2. The van der Waals surface area contributed by atoms with Crippen molar-refractivity contribution in [3.05, 3.63) is 18.0 Å². The van der Waals surface area contributed by atoms with Crippen LogP contribution in [0.5, 0.6) is 11.5 Å². The number of carbonyl (C=O) groups is 2. The van der Waals surface area contributed by atoms with Crippen LogP contribution in [0, 0.1) is 0 Å². The van der Waals surface area contributed by atoms with Gasteiger partial charge in [0.2, 0.25) is 0 Å². The fourth-order valence-electron chi connectivity index (χ4n) is 1.10. The van der Waals surface area contributed by atoms with Gasteiger partial charge in [0, 0.05) is 6.07 Å². The number of hydrogen-bond acceptors (Lipinski definition) is 7. The Morgan fingerprint density at radius 3 is 2.59 bits per heavy atom. The number of carbonyl (C=O) groups excluding carboxylic acids is 2. The molecule has 1 unspecified atom stereocenters. The molecule has 0 saturated heterocycles. The van der Waals surface area contributed by atoms with Crippen LogP contribution in [-0.2, 0) is 20.6 Å². The maximum Gasteiger partial charge on any atom is 0.508 e. The number of aromatic nitrogens is 1. The molecule has 1 amide bonds. The molecule has 1 aromatic heterocycles. The molecule has 0 aliphatic rings. The Morgan fingerprint density at radius 2 is 2.09 bits per heavy atom. The molecule has 1 heterocycles. The maximum absolute atomic E-state index is 12.0. The third-order valence-electron chi connectivity index (χ3n) is 2.04. The predicted molar refractivity (Wildman–Crippen MR) is 65.1 cm³/mol. The Labute approximate surface area is 123 Å². The fraction of sp³-hybridized carbons (Fsp3) is 0.300. The number of alkyl halides is 3. The van der Waals surface area contributed by atoms with E-state index in [1.54, 1.807) is 0 Å². The van der Waals surface area contributed by atoms with Crippen LogP contribution >= 0.6 is 0 Å². The normalized spacial score (nSPS) is 12.4. The van der Waals surface area contributed by atoms with Gasteiger partial charge in [-0.25, -0.2) is 9.19 Å². The molecule has 0 radical (unpaired) electrons. The minimum absolute atomic E-state index is 0.493. The number of ether oxygens (including phenoxy) is 1. The van der Waals surface area contributed by atoms with Crippen LogP contribution in [-0.4, -0.2) is 45.3 Å². The van der Waals surface area contributed by atoms with Crippen molar-refractivity contribution in [2.24, 2.45) is 0 Å². The second kappa shape index (κ2) is 7.06. The lowest BCUT2D eigenvalue weighted by Crippen LogP contribution is -2.30. The molecule has 2 N–H and O–H groups in total. The Bertz CT molecular complexity index is 607. The highest BCUT2D eigenvalue weighted by atomic mass is 32.2. The largest absolute Gasteiger partial charge is 0.508 e. The van der Waals surface area contributed by atoms with Crippen LogP contribution in [0.4, 0.5) is 13.2 Å². The van der Waals surface area contributed by atoms with E-state index in [0.29, 0.717) is 12.3 Å². The minimum atomic E-state index is -5.10. The van der Waals surface area contributed by atoms with E-state index in [1.165, 1.54) is 0 Å². The number of nitrogens with one attached hydrogen (secondary N) is 1. The zero-order chi connectivity index (χ0) is 16.9. The summed E-state index contributed by atoms with van der Waals surface area (Å²) in [6.07, 6.45) is 0.663. The molecule has 0 aliphatic heterocycles. The first-order valence-corrected chi connectivity index (χ1v) is 6.43. The lowest BCUT2D eigenvalue weighted by atomic mass is 10.3. The first-order valence-electron chi connectivity index (χ1n) is 5.36. The third kappa shape index (κ3) is 4.87. The average molecular weight is 342 g/mol. The van der Waals surface area contributed by atoms with Crippen molar-refractivity contribution in [1.82, 2.24) is 10.3 Å². The second-order valence-electron chi connectivity index (χ2n) is 3.56. The van der Waals surface area contributed by atoms with E-state index in [0.717, 1.165) is 7.11 Å². The van der Waals surface area contributed by atoms with Crippen LogP contribution in [0.1, 0.15) is 10.5 Å². The molecule has 1 aromatic rings. The van der Waals surface area contributed by atoms with Gasteiger partial charge in [0.05, 0.1) is 13.3 Å². The smallest absolute Gasteiger partial charge is 0.505 e. The molecule has 0 saturated carbocycles. The topological polar surface area (TPSA) is 115 Å². The molecule has 122 valence electrons. The molecule has 1 rings (SSSR count). The van der Waals surface area contributed by atoms with Crippen molar-refractivity contribution in [3.63, 3.8) is 0 Å². The lowest BCUT2D eigenvalue weighted by Gasteiger charge is -2.09. The van der Waals surface area contributed by atoms with Crippen molar-refractivity contribution >= 4 is 23.0 Å². The molecule has 8 nitrogen and oxygen atoms in total. The molecular weight excluding hydrogens is 333 g/mol. The van der Waals surface area contributed by atoms with Crippen molar-refractivity contribution in [2.45, 2.75) is 5.51 Å². The molecule has 0 aromatic carbocycles. The molecular formula is C10H9F3N2O6S. The van der Waals surface area contributed by atoms with E-state index in [1.807, 2.05) is 0 Å². The molecule has 0 spiro atoms. The van der Waals surface area contributed by atoms with Gasteiger partial charge in [0.15, 0.2) is 17.2 Å². The highest BCUT2D eigenvalue weighted by Gasteiger charge is 2.40. The highest BCUT2D eigenvalue weighted by molar-refractivity contribution is 7.81. The average Bonchev–Trinajstić information content (AvgIpc) is 2.43. The second-order valence-corrected chi connectivity index (χ2v) is 4.66. The van der Waals surface area contributed by atoms with E-state index in [4.69, 9.17) is 0 Å². The van der Waals surface area contributed by atoms with Crippen molar-refractivity contribution < 1.29 is 41.0 Å². The summed E-state index contributed by atoms with van der Waals surface area (Å²) in [7, 11) is 1.09. The van der Waals surface area contributed by atoms with Gasteiger partial charge < -0.3 is 19.3 Å². The maximum atomic E-state index is 12.0. The Balaban J connectivity index is 2.79. The van der Waals surface area contributed by atoms with E-state index in [2.05, 4.69) is 19.2 Å². The number of rotatable bonds is 5. The van der Waals surface area contributed by atoms with Gasteiger partial charge in [-0.1, -0.05) is 0 Å². The van der Waals surface area contributed by atoms with E-state index in [9.17, 15) is 32.1 Å². The molecule has 0 aliphatic carbocycles. The number of esters is 1. The summed E-state index contributed by atoms with van der Waals surface area (Å²) in [4.78, 5) is 25.8. The molecule has 12 heteroatoms. The fourth-order valence-corrected chi connectivity index (χ4v) is 1.46. The summed E-state index contributed by atoms with van der Waals surface area (Å²) in [5.74, 6) is -3.20. The van der Waals surface area contributed by atoms with Gasteiger partial charge in [-0.3, -0.25) is 9.59 Å². The van der Waals surface area contributed by atoms with Crippen LogP contribution < -0.4 is 9.50 Å². The number of methoxy groups -OCH3 is 1. The first-order chi connectivity index (χ1) is 10.1. The summed E-state index contributed by atoms with van der Waals surface area (Å²) >= 11 is -3.64. The Hall–Kier alpha value is -2.37. The number of nitrogens with zero attached hydrogens (tertiary/aromatic N) is 1. The van der Waals surface area contributed by atoms with E-state index < -0.39 is 52.2 Å². The lowest BCUT2D eigenvalue weighted by molar-refractivity contribution is -0.139. The van der Waals surface area contributed by atoms with Gasteiger partial charge in [0.25, 0.3) is 5.91 Å². The van der Waals surface area contributed by atoms with Gasteiger partial charge in [-0.2, -0.15) is 13.2 Å². The summed E-state index contributed by atoms with van der Waals surface area (Å²) in [5.41, 5.74) is -5.67. The van der Waals surface area contributed by atoms with Gasteiger partial charge in [0.1, 0.15) is 6.54 Å². The zero-order valence-corrected chi connectivity index (χ0v) is 11.7. The molecule has 22 heavy (non-hydrogen) atoms. The number of pyridine rings is 1. The summed E-state index contributed by atoms with van der Waals surface area (Å²) in [5, 5.41) is 11.6. The van der Waals surface area contributed by atoms with Crippen LogP contribution in [0.15, 0.2) is 12.3 Å². The van der Waals surface area contributed by atoms with Crippen LogP contribution in [0.3, 0.4) is 0 Å². The monoisotopic (exact) mass is 342 g/mol. The van der Waals surface area contributed by atoms with Crippen LogP contribution in [0.2, 0.25) is 0 Å². The van der Waals surface area contributed by atoms with Crippen molar-refractivity contribution in [1.29, 1.82) is 0 Å². The van der Waals surface area contributed by atoms with Gasteiger partial charge in [-0.05, 0) is 0 Å². The van der Waals surface area contributed by atoms with E-state index in [-0.39, 0.29) is 0 Å². The quantitative estimate of drug-likeness (QED) is 0.737. The summed E-state index contributed by atoms with van der Waals surface area (Å²) in [6, 6.07) is 0.629. The number of aromatic hydroxyl groups is 1. The van der Waals surface area contributed by atoms with Crippen molar-refractivity contribution in [3.8, 4) is 11.5 Å².